The van der Waals surface area contributed by atoms with Crippen LogP contribution in [0.2, 0.25) is 0 Å². The smallest absolute Gasteiger partial charge is 0.247 e. The van der Waals surface area contributed by atoms with Gasteiger partial charge < -0.3 is 5.32 Å². The topological polar surface area (TPSA) is 75.3 Å². The highest BCUT2D eigenvalue weighted by Crippen LogP contribution is 1.86. The van der Waals surface area contributed by atoms with Crippen LogP contribution in [0.3, 0.4) is 0 Å². The summed E-state index contributed by atoms with van der Waals surface area (Å²) >= 11 is 0. The molecule has 78 valence electrons. The minimum atomic E-state index is -3.42. The van der Waals surface area contributed by atoms with Gasteiger partial charge in [0.1, 0.15) is 0 Å². The lowest BCUT2D eigenvalue weighted by Gasteiger charge is -2.10. The normalized spacial score (nSPS) is 13.8. The van der Waals surface area contributed by atoms with Crippen LogP contribution in [0.25, 0.3) is 0 Å². The Bertz CT molecular complexity index is 261. The highest BCUT2D eigenvalue weighted by atomic mass is 32.2. The van der Waals surface area contributed by atoms with E-state index in [1.165, 1.54) is 0 Å². The fourth-order valence-corrected chi connectivity index (χ4v) is 1.14. The second kappa shape index (κ2) is 5.18. The number of nitrogens with one attached hydrogen (secondary N) is 2. The van der Waals surface area contributed by atoms with Crippen molar-refractivity contribution >= 4 is 15.9 Å². The Hall–Kier alpha value is -0.620. The molecule has 1 atom stereocenters. The second-order valence-corrected chi connectivity index (χ2v) is 4.74. The summed E-state index contributed by atoms with van der Waals surface area (Å²) in [6.45, 7) is 3.93. The first kappa shape index (κ1) is 12.4. The molecule has 0 aromatic rings. The second-order valence-electron chi connectivity index (χ2n) is 2.99. The molecule has 6 heteroatoms. The molecule has 0 aliphatic rings. The number of amides is 1. The summed E-state index contributed by atoms with van der Waals surface area (Å²) in [6, 6.07) is 0.213. The number of sulfonamides is 1. The van der Waals surface area contributed by atoms with Gasteiger partial charge in [-0.05, 0) is 13.3 Å². The molecule has 0 saturated heterocycles. The van der Waals surface area contributed by atoms with E-state index in [1.807, 2.05) is 18.6 Å². The van der Waals surface area contributed by atoms with Gasteiger partial charge in [-0.25, -0.2) is 8.42 Å². The van der Waals surface area contributed by atoms with E-state index < -0.39 is 15.9 Å². The molecule has 2 N–H and O–H groups in total. The summed E-state index contributed by atoms with van der Waals surface area (Å²) in [7, 11) is -3.42. The zero-order valence-electron chi connectivity index (χ0n) is 8.12. The molecule has 0 aromatic heterocycles. The predicted octanol–water partition coefficient (Wildman–Crippen LogP) is -0.550. The summed E-state index contributed by atoms with van der Waals surface area (Å²) < 4.78 is 23.1. The molecule has 1 amide bonds. The molecule has 0 aromatic carbocycles. The Balaban J connectivity index is 3.77. The van der Waals surface area contributed by atoms with Gasteiger partial charge in [-0.15, -0.1) is 0 Å². The Kier molecular flexibility index (Phi) is 4.94. The molecule has 0 spiro atoms. The highest BCUT2D eigenvalue weighted by molar-refractivity contribution is 7.89. The Morgan fingerprint density at radius 3 is 2.38 bits per heavy atom. The SMILES string of the molecule is CCC(C)NCC(=O)NS(C)(=O)=O. The maximum atomic E-state index is 10.9. The van der Waals surface area contributed by atoms with Crippen LogP contribution in [0, 0.1) is 0 Å². The van der Waals surface area contributed by atoms with Gasteiger partial charge in [0.2, 0.25) is 15.9 Å². The predicted molar refractivity (Wildman–Crippen MR) is 50.7 cm³/mol. The average molecular weight is 208 g/mol. The fraction of sp³-hybridized carbons (Fsp3) is 0.857. The maximum absolute atomic E-state index is 10.9. The molecule has 0 fully saturated rings. The Morgan fingerprint density at radius 2 is 2.00 bits per heavy atom. The van der Waals surface area contributed by atoms with Crippen LogP contribution in [0.5, 0.6) is 0 Å². The third-order valence-corrected chi connectivity index (χ3v) is 2.12. The van der Waals surface area contributed by atoms with Crippen molar-refractivity contribution < 1.29 is 13.2 Å². The minimum Gasteiger partial charge on any atom is -0.306 e. The lowest BCUT2D eigenvalue weighted by atomic mass is 10.3. The van der Waals surface area contributed by atoms with Crippen molar-refractivity contribution in [2.45, 2.75) is 26.3 Å². The molecule has 0 heterocycles. The maximum Gasteiger partial charge on any atom is 0.247 e. The largest absolute Gasteiger partial charge is 0.306 e. The summed E-state index contributed by atoms with van der Waals surface area (Å²) in [5.41, 5.74) is 0. The molecule has 0 radical (unpaired) electrons. The number of hydrogen-bond donors (Lipinski definition) is 2. The van der Waals surface area contributed by atoms with Crippen LogP contribution in [0.1, 0.15) is 20.3 Å². The van der Waals surface area contributed by atoms with Gasteiger partial charge in [0.05, 0.1) is 12.8 Å². The monoisotopic (exact) mass is 208 g/mol. The third kappa shape index (κ3) is 7.73. The number of carbonyl (C=O) groups excluding carboxylic acids is 1. The average Bonchev–Trinajstić information content (AvgIpc) is 1.97. The fourth-order valence-electron chi connectivity index (χ4n) is 0.654. The van der Waals surface area contributed by atoms with Gasteiger partial charge in [-0.2, -0.15) is 0 Å². The molecule has 0 bridgehead atoms. The zero-order valence-corrected chi connectivity index (χ0v) is 8.94. The number of carbonyl (C=O) groups is 1. The van der Waals surface area contributed by atoms with Crippen LogP contribution >= 0.6 is 0 Å². The van der Waals surface area contributed by atoms with Crippen molar-refractivity contribution in [1.82, 2.24) is 10.0 Å². The van der Waals surface area contributed by atoms with Crippen LogP contribution < -0.4 is 10.0 Å². The third-order valence-electron chi connectivity index (χ3n) is 1.52. The van der Waals surface area contributed by atoms with Gasteiger partial charge in [0, 0.05) is 6.04 Å². The summed E-state index contributed by atoms with van der Waals surface area (Å²) in [5.74, 6) is -0.525. The number of rotatable bonds is 5. The van der Waals surface area contributed by atoms with Crippen molar-refractivity contribution in [3.8, 4) is 0 Å². The Morgan fingerprint density at radius 1 is 1.46 bits per heavy atom. The van der Waals surface area contributed by atoms with Crippen molar-refractivity contribution in [1.29, 1.82) is 0 Å². The van der Waals surface area contributed by atoms with E-state index in [-0.39, 0.29) is 12.6 Å². The molecule has 13 heavy (non-hydrogen) atoms. The summed E-state index contributed by atoms with van der Waals surface area (Å²) in [6.07, 6.45) is 1.85. The van der Waals surface area contributed by atoms with Crippen LogP contribution in [-0.2, 0) is 14.8 Å². The molecule has 5 nitrogen and oxygen atoms in total. The molecule has 0 rings (SSSR count). The molecule has 0 saturated carbocycles. The lowest BCUT2D eigenvalue weighted by Crippen LogP contribution is -2.39. The van der Waals surface area contributed by atoms with E-state index in [0.717, 1.165) is 12.7 Å². The van der Waals surface area contributed by atoms with Crippen molar-refractivity contribution in [3.63, 3.8) is 0 Å². The highest BCUT2D eigenvalue weighted by Gasteiger charge is 2.08. The molecular weight excluding hydrogens is 192 g/mol. The van der Waals surface area contributed by atoms with Crippen molar-refractivity contribution in [2.75, 3.05) is 12.8 Å². The number of hydrogen-bond acceptors (Lipinski definition) is 4. The van der Waals surface area contributed by atoms with Gasteiger partial charge >= 0.3 is 0 Å². The molecule has 1 unspecified atom stereocenters. The van der Waals surface area contributed by atoms with E-state index in [4.69, 9.17) is 0 Å². The summed E-state index contributed by atoms with van der Waals surface area (Å²) in [5, 5.41) is 2.88. The Labute approximate surface area is 79.0 Å². The van der Waals surface area contributed by atoms with Crippen LogP contribution in [0.4, 0.5) is 0 Å². The molecule has 0 aliphatic heterocycles. The van der Waals surface area contributed by atoms with E-state index in [9.17, 15) is 13.2 Å². The van der Waals surface area contributed by atoms with E-state index in [1.54, 1.807) is 0 Å². The lowest BCUT2D eigenvalue weighted by molar-refractivity contribution is -0.118. The quantitative estimate of drug-likeness (QED) is 0.635. The van der Waals surface area contributed by atoms with E-state index >= 15 is 0 Å². The molecular formula is C7H16N2O3S. The van der Waals surface area contributed by atoms with E-state index in [2.05, 4.69) is 5.32 Å². The first-order chi connectivity index (χ1) is 5.85. The van der Waals surface area contributed by atoms with Gasteiger partial charge in [-0.3, -0.25) is 9.52 Å². The first-order valence-corrected chi connectivity index (χ1v) is 5.98. The standard InChI is InChI=1S/C7H16N2O3S/c1-4-6(2)8-5-7(10)9-13(3,11)12/h6,8H,4-5H2,1-3H3,(H,9,10). The van der Waals surface area contributed by atoms with Crippen LogP contribution in [0.15, 0.2) is 0 Å². The van der Waals surface area contributed by atoms with Crippen molar-refractivity contribution in [3.05, 3.63) is 0 Å². The summed E-state index contributed by atoms with van der Waals surface area (Å²) in [4.78, 5) is 10.9. The zero-order chi connectivity index (χ0) is 10.5. The van der Waals surface area contributed by atoms with Crippen molar-refractivity contribution in [2.24, 2.45) is 0 Å². The molecule has 0 aliphatic carbocycles. The first-order valence-electron chi connectivity index (χ1n) is 4.09. The van der Waals surface area contributed by atoms with E-state index in [0.29, 0.717) is 0 Å². The van der Waals surface area contributed by atoms with Crippen LogP contribution in [-0.4, -0.2) is 33.2 Å². The minimum absolute atomic E-state index is 0.0298. The van der Waals surface area contributed by atoms with Gasteiger partial charge in [0.15, 0.2) is 0 Å². The van der Waals surface area contributed by atoms with Gasteiger partial charge in [-0.1, -0.05) is 6.92 Å². The van der Waals surface area contributed by atoms with Gasteiger partial charge in [0.25, 0.3) is 0 Å².